The lowest BCUT2D eigenvalue weighted by Crippen LogP contribution is -2.49. The first-order valence-electron chi connectivity index (χ1n) is 7.75. The van der Waals surface area contributed by atoms with Crippen molar-refractivity contribution in [3.05, 3.63) is 18.7 Å². The Morgan fingerprint density at radius 2 is 1.90 bits per heavy atom. The predicted octanol–water partition coefficient (Wildman–Crippen LogP) is 3.08. The second kappa shape index (κ2) is 9.53. The molecule has 114 valence electrons. The van der Waals surface area contributed by atoms with Crippen LogP contribution in [-0.4, -0.2) is 39.7 Å². The fourth-order valence-corrected chi connectivity index (χ4v) is 2.19. The van der Waals surface area contributed by atoms with Crippen LogP contribution in [0.25, 0.3) is 0 Å². The molecule has 0 bridgehead atoms. The normalized spacial score (nSPS) is 12.6. The first-order chi connectivity index (χ1) is 9.72. The molecule has 0 spiro atoms. The molecule has 0 aliphatic carbocycles. The molecule has 1 amide bonds. The maximum atomic E-state index is 12.1. The van der Waals surface area contributed by atoms with Crippen LogP contribution in [0.15, 0.2) is 18.7 Å². The van der Waals surface area contributed by atoms with Crippen molar-refractivity contribution in [2.45, 2.75) is 59.0 Å². The molecule has 1 aromatic heterocycles. The number of nitrogens with zero attached hydrogens (tertiary/aromatic N) is 3. The van der Waals surface area contributed by atoms with Gasteiger partial charge >= 0.3 is 6.03 Å². The molecule has 20 heavy (non-hydrogen) atoms. The van der Waals surface area contributed by atoms with Crippen molar-refractivity contribution in [2.24, 2.45) is 0 Å². The van der Waals surface area contributed by atoms with Crippen LogP contribution in [0, 0.1) is 0 Å². The molecule has 1 heterocycles. The van der Waals surface area contributed by atoms with Crippen molar-refractivity contribution in [1.82, 2.24) is 19.8 Å². The summed E-state index contributed by atoms with van der Waals surface area (Å²) in [5.74, 6) is 0. The summed E-state index contributed by atoms with van der Waals surface area (Å²) in [5, 5.41) is 3.10. The molecule has 0 aliphatic rings. The Morgan fingerprint density at radius 3 is 2.35 bits per heavy atom. The van der Waals surface area contributed by atoms with Crippen LogP contribution in [0.1, 0.15) is 52.9 Å². The van der Waals surface area contributed by atoms with E-state index in [2.05, 4.69) is 36.0 Å². The largest absolute Gasteiger partial charge is 0.328 e. The second-order valence-corrected chi connectivity index (χ2v) is 5.09. The van der Waals surface area contributed by atoms with Crippen molar-refractivity contribution in [1.29, 1.82) is 0 Å². The van der Waals surface area contributed by atoms with Crippen molar-refractivity contribution in [3.8, 4) is 0 Å². The van der Waals surface area contributed by atoms with Crippen molar-refractivity contribution in [3.63, 3.8) is 0 Å². The number of aromatic nitrogens is 2. The first-order valence-corrected chi connectivity index (χ1v) is 7.75. The van der Waals surface area contributed by atoms with E-state index in [0.29, 0.717) is 0 Å². The number of rotatable bonds is 9. The van der Waals surface area contributed by atoms with E-state index >= 15 is 0 Å². The highest BCUT2D eigenvalue weighted by Gasteiger charge is 2.18. The summed E-state index contributed by atoms with van der Waals surface area (Å²) in [6, 6.07) is -0.104. The van der Waals surface area contributed by atoms with Crippen LogP contribution in [0.2, 0.25) is 0 Å². The molecule has 0 saturated heterocycles. The van der Waals surface area contributed by atoms with Gasteiger partial charge in [-0.1, -0.05) is 33.6 Å². The minimum absolute atomic E-state index is 0.1000. The van der Waals surface area contributed by atoms with Crippen LogP contribution in [-0.2, 0) is 0 Å². The Balaban J connectivity index is 2.60. The van der Waals surface area contributed by atoms with E-state index in [1.54, 1.807) is 12.4 Å². The van der Waals surface area contributed by atoms with Crippen LogP contribution in [0.4, 0.5) is 4.79 Å². The fraction of sp³-hybridized carbons (Fsp3) is 0.733. The van der Waals surface area contributed by atoms with E-state index in [4.69, 9.17) is 0 Å². The quantitative estimate of drug-likeness (QED) is 0.707. The molecule has 1 aromatic rings. The van der Waals surface area contributed by atoms with E-state index in [-0.39, 0.29) is 12.2 Å². The summed E-state index contributed by atoms with van der Waals surface area (Å²) in [4.78, 5) is 18.4. The molecule has 5 heteroatoms. The zero-order valence-electron chi connectivity index (χ0n) is 13.0. The SMILES string of the molecule is CCCCN(CCCC)C(CC)NC(=O)n1ccnc1. The minimum Gasteiger partial charge on any atom is -0.322 e. The van der Waals surface area contributed by atoms with Crippen molar-refractivity contribution >= 4 is 6.03 Å². The van der Waals surface area contributed by atoms with Crippen LogP contribution in [0.3, 0.4) is 0 Å². The topological polar surface area (TPSA) is 50.2 Å². The molecule has 0 radical (unpaired) electrons. The summed E-state index contributed by atoms with van der Waals surface area (Å²) in [6.45, 7) is 8.59. The van der Waals surface area contributed by atoms with Gasteiger partial charge in [0.05, 0.1) is 6.17 Å². The van der Waals surface area contributed by atoms with E-state index in [9.17, 15) is 4.79 Å². The lowest BCUT2D eigenvalue weighted by atomic mass is 10.2. The lowest BCUT2D eigenvalue weighted by molar-refractivity contribution is 0.155. The number of carbonyl (C=O) groups is 1. The van der Waals surface area contributed by atoms with Gasteiger partial charge in [0, 0.05) is 25.5 Å². The Bertz CT molecular complexity index is 356. The molecule has 1 unspecified atom stereocenters. The Labute approximate surface area is 122 Å². The summed E-state index contributed by atoms with van der Waals surface area (Å²) in [5.41, 5.74) is 0. The van der Waals surface area contributed by atoms with Crippen LogP contribution < -0.4 is 5.32 Å². The third-order valence-corrected chi connectivity index (χ3v) is 3.45. The fourth-order valence-electron chi connectivity index (χ4n) is 2.19. The third kappa shape index (κ3) is 5.33. The number of hydrogen-bond acceptors (Lipinski definition) is 3. The zero-order chi connectivity index (χ0) is 14.8. The molecule has 0 fully saturated rings. The van der Waals surface area contributed by atoms with Gasteiger partial charge < -0.3 is 5.32 Å². The monoisotopic (exact) mass is 280 g/mol. The van der Waals surface area contributed by atoms with Gasteiger partial charge in [0.25, 0.3) is 0 Å². The summed E-state index contributed by atoms with van der Waals surface area (Å²) < 4.78 is 1.49. The van der Waals surface area contributed by atoms with Crippen molar-refractivity contribution in [2.75, 3.05) is 13.1 Å². The average molecular weight is 280 g/mol. The van der Waals surface area contributed by atoms with Gasteiger partial charge in [-0.2, -0.15) is 0 Å². The summed E-state index contributed by atoms with van der Waals surface area (Å²) >= 11 is 0. The summed E-state index contributed by atoms with van der Waals surface area (Å²) in [7, 11) is 0. The minimum atomic E-state index is -0.104. The Hall–Kier alpha value is -1.36. The number of carbonyl (C=O) groups excluding carboxylic acids is 1. The number of imidazole rings is 1. The second-order valence-electron chi connectivity index (χ2n) is 5.09. The summed E-state index contributed by atoms with van der Waals surface area (Å²) in [6.07, 6.45) is 10.5. The Morgan fingerprint density at radius 1 is 1.25 bits per heavy atom. The molecular formula is C15H28N4O. The smallest absolute Gasteiger partial charge is 0.322 e. The van der Waals surface area contributed by atoms with E-state index in [0.717, 1.165) is 19.5 Å². The molecule has 0 aromatic carbocycles. The molecular weight excluding hydrogens is 252 g/mol. The maximum Gasteiger partial charge on any atom is 0.328 e. The first kappa shape index (κ1) is 16.7. The van der Waals surface area contributed by atoms with Crippen LogP contribution >= 0.6 is 0 Å². The van der Waals surface area contributed by atoms with Gasteiger partial charge in [-0.3, -0.25) is 9.47 Å². The lowest BCUT2D eigenvalue weighted by Gasteiger charge is -2.31. The molecule has 1 rings (SSSR count). The molecule has 0 aliphatic heterocycles. The number of hydrogen-bond donors (Lipinski definition) is 1. The van der Waals surface area contributed by atoms with Gasteiger partial charge in [-0.15, -0.1) is 0 Å². The van der Waals surface area contributed by atoms with Gasteiger partial charge in [0.1, 0.15) is 6.33 Å². The van der Waals surface area contributed by atoms with Gasteiger partial charge in [0.2, 0.25) is 0 Å². The van der Waals surface area contributed by atoms with E-state index < -0.39 is 0 Å². The van der Waals surface area contributed by atoms with Gasteiger partial charge in [0.15, 0.2) is 0 Å². The maximum absolute atomic E-state index is 12.1. The van der Waals surface area contributed by atoms with Gasteiger partial charge in [-0.05, 0) is 19.3 Å². The number of unbranched alkanes of at least 4 members (excludes halogenated alkanes) is 2. The highest BCUT2D eigenvalue weighted by Crippen LogP contribution is 2.07. The number of amides is 1. The Kier molecular flexibility index (Phi) is 7.95. The standard InChI is InChI=1S/C15H28N4O/c1-4-7-10-18(11-8-5-2)14(6-3)17-15(20)19-12-9-16-13-19/h9,12-14H,4-8,10-11H2,1-3H3,(H,17,20). The molecule has 5 nitrogen and oxygen atoms in total. The molecule has 1 atom stereocenters. The van der Waals surface area contributed by atoms with E-state index in [1.165, 1.54) is 36.6 Å². The molecule has 1 N–H and O–H groups in total. The highest BCUT2D eigenvalue weighted by molar-refractivity contribution is 5.76. The van der Waals surface area contributed by atoms with Crippen LogP contribution in [0.5, 0.6) is 0 Å². The van der Waals surface area contributed by atoms with Crippen molar-refractivity contribution < 1.29 is 4.79 Å². The van der Waals surface area contributed by atoms with E-state index in [1.807, 2.05) is 0 Å². The average Bonchev–Trinajstić information content (AvgIpc) is 2.99. The predicted molar refractivity (Wildman–Crippen MR) is 81.6 cm³/mol. The third-order valence-electron chi connectivity index (χ3n) is 3.45. The van der Waals surface area contributed by atoms with Gasteiger partial charge in [-0.25, -0.2) is 9.78 Å². The highest BCUT2D eigenvalue weighted by atomic mass is 16.2. The zero-order valence-corrected chi connectivity index (χ0v) is 13.0. The number of nitrogens with one attached hydrogen (secondary N) is 1. The molecule has 0 saturated carbocycles.